The fraction of sp³-hybridized carbons (Fsp3) is 0.688. The minimum Gasteiger partial charge on any atom is -0.362 e. The van der Waals surface area contributed by atoms with Crippen LogP contribution in [0.4, 0.5) is 0 Å². The first-order valence-electron chi connectivity index (χ1n) is 7.44. The summed E-state index contributed by atoms with van der Waals surface area (Å²) in [6.07, 6.45) is 12.2. The van der Waals surface area contributed by atoms with Crippen molar-refractivity contribution in [3.63, 3.8) is 0 Å². The lowest BCUT2D eigenvalue weighted by atomic mass is 9.74. The van der Waals surface area contributed by atoms with Gasteiger partial charge in [0.25, 0.3) is 0 Å². The Bertz CT molecular complexity index is 535. The minimum absolute atomic E-state index is 0.0257. The number of hydrogen-bond donors (Lipinski definition) is 0. The summed E-state index contributed by atoms with van der Waals surface area (Å²) in [7, 11) is 0. The number of allylic oxidation sites excluding steroid dienone is 4. The third kappa shape index (κ3) is 1.37. The van der Waals surface area contributed by atoms with E-state index in [9.17, 15) is 4.79 Å². The molecule has 1 saturated heterocycles. The lowest BCUT2D eigenvalue weighted by Crippen LogP contribution is -2.31. The summed E-state index contributed by atoms with van der Waals surface area (Å²) in [6, 6.07) is 0. The van der Waals surface area contributed by atoms with Crippen LogP contribution in [0.25, 0.3) is 0 Å². The molecule has 0 spiro atoms. The molecular formula is C16H16Br2O2. The Morgan fingerprint density at radius 2 is 1.45 bits per heavy atom. The number of rotatable bonds is 0. The van der Waals surface area contributed by atoms with Crippen molar-refractivity contribution in [1.29, 1.82) is 0 Å². The van der Waals surface area contributed by atoms with Gasteiger partial charge >= 0.3 is 0 Å². The van der Waals surface area contributed by atoms with Gasteiger partial charge in [0.2, 0.25) is 0 Å². The molecule has 1 heterocycles. The van der Waals surface area contributed by atoms with Crippen LogP contribution in [0.5, 0.6) is 0 Å². The number of carbonyl (C=O) groups is 1. The molecule has 6 atom stereocenters. The number of ketones is 1. The normalized spacial score (nSPS) is 57.0. The van der Waals surface area contributed by atoms with Crippen LogP contribution >= 0.6 is 31.9 Å². The molecule has 0 aromatic heterocycles. The number of hydrogen-bond acceptors (Lipinski definition) is 2. The first-order valence-corrected chi connectivity index (χ1v) is 9.03. The number of halogens is 2. The van der Waals surface area contributed by atoms with Crippen molar-refractivity contribution in [2.24, 2.45) is 23.7 Å². The molecule has 5 rings (SSSR count). The van der Waals surface area contributed by atoms with Crippen LogP contribution in [-0.4, -0.2) is 20.2 Å². The molecule has 0 amide bonds. The van der Waals surface area contributed by atoms with Crippen molar-refractivity contribution in [3.05, 3.63) is 24.3 Å². The van der Waals surface area contributed by atoms with Crippen molar-refractivity contribution in [1.82, 2.24) is 0 Å². The molecule has 1 aliphatic heterocycles. The van der Waals surface area contributed by atoms with E-state index in [4.69, 9.17) is 4.74 Å². The fourth-order valence-electron chi connectivity index (χ4n) is 5.06. The minimum atomic E-state index is -0.0257. The Hall–Kier alpha value is 0.0700. The van der Waals surface area contributed by atoms with E-state index in [-0.39, 0.29) is 26.3 Å². The van der Waals surface area contributed by atoms with Crippen molar-refractivity contribution < 1.29 is 9.53 Å². The van der Waals surface area contributed by atoms with Crippen molar-refractivity contribution in [3.8, 4) is 0 Å². The Morgan fingerprint density at radius 1 is 0.950 bits per heavy atom. The Balaban J connectivity index is 1.55. The average molecular weight is 400 g/mol. The molecule has 4 heteroatoms. The molecule has 4 aliphatic carbocycles. The highest BCUT2D eigenvalue weighted by molar-refractivity contribution is 9.25. The van der Waals surface area contributed by atoms with Crippen LogP contribution in [0.15, 0.2) is 24.3 Å². The predicted molar refractivity (Wildman–Crippen MR) is 82.8 cm³/mol. The molecule has 3 saturated carbocycles. The van der Waals surface area contributed by atoms with Crippen LogP contribution in [0, 0.1) is 23.7 Å². The van der Waals surface area contributed by atoms with Gasteiger partial charge in [-0.2, -0.15) is 0 Å². The lowest BCUT2D eigenvalue weighted by Gasteiger charge is -2.23. The fourth-order valence-corrected chi connectivity index (χ4v) is 6.72. The maximum absolute atomic E-state index is 12.6. The molecule has 0 N–H and O–H groups in total. The number of fused-ring (bicyclic) bond motifs is 3. The van der Waals surface area contributed by atoms with E-state index in [0.29, 0.717) is 17.6 Å². The quantitative estimate of drug-likeness (QED) is 0.458. The zero-order valence-electron chi connectivity index (χ0n) is 11.0. The Labute approximate surface area is 135 Å². The third-order valence-electron chi connectivity index (χ3n) is 6.27. The Morgan fingerprint density at radius 3 is 1.95 bits per heavy atom. The Kier molecular flexibility index (Phi) is 2.22. The third-order valence-corrected chi connectivity index (χ3v) is 8.62. The van der Waals surface area contributed by atoms with E-state index in [1.807, 2.05) is 12.2 Å². The van der Waals surface area contributed by atoms with E-state index in [1.165, 1.54) is 0 Å². The molecule has 5 aliphatic rings. The number of carbonyl (C=O) groups excluding carboxylic acids is 1. The predicted octanol–water partition coefficient (Wildman–Crippen LogP) is 3.74. The van der Waals surface area contributed by atoms with Gasteiger partial charge in [-0.1, -0.05) is 56.2 Å². The highest BCUT2D eigenvalue weighted by atomic mass is 79.9. The van der Waals surface area contributed by atoms with Crippen molar-refractivity contribution in [2.45, 2.75) is 40.1 Å². The lowest BCUT2D eigenvalue weighted by molar-refractivity contribution is -0.124. The summed E-state index contributed by atoms with van der Waals surface area (Å²) < 4.78 is 6.50. The van der Waals surface area contributed by atoms with Gasteiger partial charge in [-0.15, -0.1) is 0 Å². The zero-order chi connectivity index (χ0) is 13.8. The molecule has 0 radical (unpaired) electrons. The second-order valence-electron chi connectivity index (χ2n) is 7.18. The van der Waals surface area contributed by atoms with Crippen LogP contribution in [0.3, 0.4) is 0 Å². The topological polar surface area (TPSA) is 29.6 Å². The van der Waals surface area contributed by atoms with Crippen LogP contribution in [-0.2, 0) is 9.53 Å². The first-order chi connectivity index (χ1) is 9.48. The summed E-state index contributed by atoms with van der Waals surface area (Å²) in [5, 5.41) is 0. The van der Waals surface area contributed by atoms with Crippen molar-refractivity contribution in [2.75, 3.05) is 0 Å². The van der Waals surface area contributed by atoms with E-state index in [0.717, 1.165) is 25.7 Å². The summed E-state index contributed by atoms with van der Waals surface area (Å²) in [5.74, 6) is 1.83. The molecule has 0 unspecified atom stereocenters. The summed E-state index contributed by atoms with van der Waals surface area (Å²) in [4.78, 5) is 12.6. The molecule has 106 valence electrons. The SMILES string of the molecule is O=C1[C@@H]2C=CC=C[C@H]1C[C@@]13C[C@@H]4[C@H](C[C@]1(C2)O3)C4(Br)Br. The standard InChI is InChI=1S/C16H16Br2O2/c17-16(18)11-7-14-5-9-3-1-2-4-10(13(9)19)6-15(14,20-14)8-12(11)16/h1-4,9-12H,5-8H2/t9-,10+,11+,12-,14+,15-. The summed E-state index contributed by atoms with van der Waals surface area (Å²) >= 11 is 7.66. The number of Topliss-reactive ketones (excluding diaryl/α,β-unsaturated/α-hetero) is 1. The highest BCUT2D eigenvalue weighted by Crippen LogP contribution is 2.78. The van der Waals surface area contributed by atoms with Crippen LogP contribution in [0.2, 0.25) is 0 Å². The largest absolute Gasteiger partial charge is 0.362 e. The second-order valence-corrected chi connectivity index (χ2v) is 10.9. The molecule has 0 aromatic rings. The molecular weight excluding hydrogens is 384 g/mol. The smallest absolute Gasteiger partial charge is 0.146 e. The highest BCUT2D eigenvalue weighted by Gasteiger charge is 2.82. The average Bonchev–Trinajstić information content (AvgIpc) is 3.22. The van der Waals surface area contributed by atoms with Gasteiger partial charge in [0.15, 0.2) is 0 Å². The molecule has 4 fully saturated rings. The number of ether oxygens (including phenoxy) is 1. The first kappa shape index (κ1) is 12.6. The zero-order valence-corrected chi connectivity index (χ0v) is 14.2. The van der Waals surface area contributed by atoms with Crippen LogP contribution in [0.1, 0.15) is 25.7 Å². The number of alkyl halides is 2. The van der Waals surface area contributed by atoms with E-state index in [2.05, 4.69) is 44.0 Å². The second kappa shape index (κ2) is 3.52. The van der Waals surface area contributed by atoms with Gasteiger partial charge in [-0.25, -0.2) is 0 Å². The summed E-state index contributed by atoms with van der Waals surface area (Å²) in [6.45, 7) is 0. The molecule has 0 aromatic carbocycles. The van der Waals surface area contributed by atoms with E-state index < -0.39 is 0 Å². The van der Waals surface area contributed by atoms with Crippen LogP contribution < -0.4 is 0 Å². The van der Waals surface area contributed by atoms with E-state index >= 15 is 0 Å². The van der Waals surface area contributed by atoms with Gasteiger partial charge in [0, 0.05) is 11.8 Å². The van der Waals surface area contributed by atoms with Gasteiger partial charge in [-0.05, 0) is 37.5 Å². The van der Waals surface area contributed by atoms with Gasteiger partial charge < -0.3 is 4.74 Å². The molecule has 2 bridgehead atoms. The van der Waals surface area contributed by atoms with Gasteiger partial charge in [0.05, 0.1) is 14.4 Å². The summed E-state index contributed by atoms with van der Waals surface area (Å²) in [5.41, 5.74) is -0.0515. The monoisotopic (exact) mass is 398 g/mol. The number of epoxide rings is 1. The maximum atomic E-state index is 12.6. The molecule has 2 nitrogen and oxygen atoms in total. The van der Waals surface area contributed by atoms with Crippen molar-refractivity contribution >= 4 is 37.6 Å². The van der Waals surface area contributed by atoms with Gasteiger partial charge in [-0.3, -0.25) is 4.79 Å². The van der Waals surface area contributed by atoms with Gasteiger partial charge in [0.1, 0.15) is 5.78 Å². The molecule has 20 heavy (non-hydrogen) atoms. The van der Waals surface area contributed by atoms with E-state index in [1.54, 1.807) is 0 Å². The maximum Gasteiger partial charge on any atom is 0.146 e.